The molecule has 1 aromatic carbocycles. The predicted molar refractivity (Wildman–Crippen MR) is 83.8 cm³/mol. The number of halogens is 1. The Morgan fingerprint density at radius 3 is 2.53 bits per heavy atom. The molecule has 102 valence electrons. The van der Waals surface area contributed by atoms with Gasteiger partial charge in [-0.2, -0.15) is 0 Å². The van der Waals surface area contributed by atoms with Crippen molar-refractivity contribution in [3.8, 4) is 0 Å². The minimum Gasteiger partial charge on any atom is -0.478 e. The van der Waals surface area contributed by atoms with E-state index in [0.717, 1.165) is 22.3 Å². The van der Waals surface area contributed by atoms with E-state index in [-0.39, 0.29) is 0 Å². The third-order valence-corrected chi connectivity index (χ3v) is 5.17. The normalized spacial score (nSPS) is 21.2. The Hall–Kier alpha value is -0.780. The van der Waals surface area contributed by atoms with Crippen LogP contribution in [0.1, 0.15) is 42.5 Å². The van der Waals surface area contributed by atoms with E-state index in [1.54, 1.807) is 6.07 Å². The zero-order valence-corrected chi connectivity index (χ0v) is 13.0. The second-order valence-corrected chi connectivity index (χ2v) is 7.13. The number of hydrogen-bond donors (Lipinski definition) is 1. The van der Waals surface area contributed by atoms with Crippen LogP contribution < -0.4 is 4.90 Å². The maximum Gasteiger partial charge on any atom is 0.337 e. The molecule has 4 heteroatoms. The van der Waals surface area contributed by atoms with E-state index in [2.05, 4.69) is 27.5 Å². The van der Waals surface area contributed by atoms with Gasteiger partial charge in [0, 0.05) is 22.1 Å². The number of carbonyl (C=O) groups is 1. The molecule has 2 aliphatic rings. The molecule has 1 spiro atoms. The Balaban J connectivity index is 1.79. The topological polar surface area (TPSA) is 40.5 Å². The monoisotopic (exact) mass is 371 g/mol. The van der Waals surface area contributed by atoms with Crippen LogP contribution in [0.25, 0.3) is 0 Å². The summed E-state index contributed by atoms with van der Waals surface area (Å²) < 4.78 is 0.978. The molecular weight excluding hydrogens is 353 g/mol. The zero-order chi connectivity index (χ0) is 13.5. The Bertz CT molecular complexity index is 501. The molecule has 3 rings (SSSR count). The van der Waals surface area contributed by atoms with Crippen LogP contribution in [0.3, 0.4) is 0 Å². The van der Waals surface area contributed by atoms with Gasteiger partial charge in [-0.15, -0.1) is 0 Å². The van der Waals surface area contributed by atoms with Gasteiger partial charge in [0.1, 0.15) is 0 Å². The van der Waals surface area contributed by atoms with Crippen molar-refractivity contribution in [1.82, 2.24) is 0 Å². The van der Waals surface area contributed by atoms with Gasteiger partial charge in [-0.1, -0.05) is 19.3 Å². The second kappa shape index (κ2) is 4.96. The van der Waals surface area contributed by atoms with Crippen molar-refractivity contribution in [3.05, 3.63) is 27.3 Å². The summed E-state index contributed by atoms with van der Waals surface area (Å²) in [6.45, 7) is 2.07. The standard InChI is InChI=1S/C15H18INO2/c16-11-4-5-13(12(8-11)14(18)19)17-9-15(10-17)6-2-1-3-7-15/h4-5,8H,1-3,6-7,9-10H2,(H,18,19). The molecule has 1 heterocycles. The molecule has 1 N–H and O–H groups in total. The van der Waals surface area contributed by atoms with Crippen LogP contribution in [0.4, 0.5) is 5.69 Å². The molecule has 19 heavy (non-hydrogen) atoms. The largest absolute Gasteiger partial charge is 0.478 e. The smallest absolute Gasteiger partial charge is 0.337 e. The van der Waals surface area contributed by atoms with Gasteiger partial charge in [-0.25, -0.2) is 4.79 Å². The van der Waals surface area contributed by atoms with E-state index in [4.69, 9.17) is 0 Å². The molecule has 1 aliphatic carbocycles. The lowest BCUT2D eigenvalue weighted by Gasteiger charge is -2.54. The lowest BCUT2D eigenvalue weighted by Crippen LogP contribution is -2.57. The average molecular weight is 371 g/mol. The van der Waals surface area contributed by atoms with E-state index in [1.807, 2.05) is 12.1 Å². The van der Waals surface area contributed by atoms with Crippen molar-refractivity contribution in [2.24, 2.45) is 5.41 Å². The maximum absolute atomic E-state index is 11.4. The molecule has 0 bridgehead atoms. The molecule has 1 saturated heterocycles. The van der Waals surface area contributed by atoms with Gasteiger partial charge in [0.2, 0.25) is 0 Å². The van der Waals surface area contributed by atoms with Crippen LogP contribution in [0, 0.1) is 8.99 Å². The minimum atomic E-state index is -0.821. The summed E-state index contributed by atoms with van der Waals surface area (Å²) in [5.74, 6) is -0.821. The quantitative estimate of drug-likeness (QED) is 0.805. The number of carboxylic acid groups (broad SMARTS) is 1. The lowest BCUT2D eigenvalue weighted by molar-refractivity contribution is 0.0695. The van der Waals surface area contributed by atoms with E-state index in [9.17, 15) is 9.90 Å². The molecule has 1 saturated carbocycles. The fraction of sp³-hybridized carbons (Fsp3) is 0.533. The van der Waals surface area contributed by atoms with Gasteiger partial charge in [0.25, 0.3) is 0 Å². The fourth-order valence-electron chi connectivity index (χ4n) is 3.51. The summed E-state index contributed by atoms with van der Waals surface area (Å²) in [4.78, 5) is 13.6. The van der Waals surface area contributed by atoms with Crippen molar-refractivity contribution in [3.63, 3.8) is 0 Å². The Morgan fingerprint density at radius 1 is 1.21 bits per heavy atom. The van der Waals surface area contributed by atoms with Gasteiger partial charge >= 0.3 is 5.97 Å². The Kier molecular flexibility index (Phi) is 3.45. The number of nitrogens with zero attached hydrogens (tertiary/aromatic N) is 1. The number of carboxylic acids is 1. The fourth-order valence-corrected chi connectivity index (χ4v) is 4.00. The highest BCUT2D eigenvalue weighted by atomic mass is 127. The van der Waals surface area contributed by atoms with Crippen LogP contribution in [-0.4, -0.2) is 24.2 Å². The number of hydrogen-bond acceptors (Lipinski definition) is 2. The highest BCUT2D eigenvalue weighted by molar-refractivity contribution is 14.1. The molecular formula is C15H18INO2. The van der Waals surface area contributed by atoms with Crippen molar-refractivity contribution in [2.75, 3.05) is 18.0 Å². The van der Waals surface area contributed by atoms with Crippen molar-refractivity contribution < 1.29 is 9.90 Å². The van der Waals surface area contributed by atoms with E-state index >= 15 is 0 Å². The second-order valence-electron chi connectivity index (χ2n) is 5.88. The summed E-state index contributed by atoms with van der Waals surface area (Å²) in [7, 11) is 0. The Morgan fingerprint density at radius 2 is 1.89 bits per heavy atom. The SMILES string of the molecule is O=C(O)c1cc(I)ccc1N1CC2(CCCCC2)C1. The summed E-state index contributed by atoms with van der Waals surface area (Å²) >= 11 is 2.16. The van der Waals surface area contributed by atoms with Crippen LogP contribution in [-0.2, 0) is 0 Å². The molecule has 3 nitrogen and oxygen atoms in total. The van der Waals surface area contributed by atoms with Gasteiger partial charge < -0.3 is 10.0 Å². The van der Waals surface area contributed by atoms with Gasteiger partial charge in [-0.05, 0) is 53.6 Å². The molecule has 1 aliphatic heterocycles. The maximum atomic E-state index is 11.4. The van der Waals surface area contributed by atoms with E-state index in [0.29, 0.717) is 11.0 Å². The molecule has 1 aromatic rings. The average Bonchev–Trinajstić information content (AvgIpc) is 2.37. The number of rotatable bonds is 2. The third kappa shape index (κ3) is 2.47. The molecule has 2 fully saturated rings. The molecule has 0 radical (unpaired) electrons. The van der Waals surface area contributed by atoms with Crippen molar-refractivity contribution in [1.29, 1.82) is 0 Å². The van der Waals surface area contributed by atoms with Gasteiger partial charge in [-0.3, -0.25) is 0 Å². The summed E-state index contributed by atoms with van der Waals surface area (Å²) in [6, 6.07) is 5.72. The van der Waals surface area contributed by atoms with Crippen molar-refractivity contribution >= 4 is 34.2 Å². The van der Waals surface area contributed by atoms with E-state index < -0.39 is 5.97 Å². The summed E-state index contributed by atoms with van der Waals surface area (Å²) in [5.41, 5.74) is 1.82. The molecule has 0 aromatic heterocycles. The van der Waals surface area contributed by atoms with Crippen LogP contribution >= 0.6 is 22.6 Å². The first-order valence-electron chi connectivity index (χ1n) is 6.88. The first-order valence-corrected chi connectivity index (χ1v) is 7.95. The van der Waals surface area contributed by atoms with Gasteiger partial charge in [0.05, 0.1) is 11.3 Å². The van der Waals surface area contributed by atoms with Crippen molar-refractivity contribution in [2.45, 2.75) is 32.1 Å². The van der Waals surface area contributed by atoms with Gasteiger partial charge in [0.15, 0.2) is 0 Å². The third-order valence-electron chi connectivity index (χ3n) is 4.50. The predicted octanol–water partition coefficient (Wildman–Crippen LogP) is 3.76. The Labute approximate surface area is 127 Å². The van der Waals surface area contributed by atoms with Crippen LogP contribution in [0.2, 0.25) is 0 Å². The highest BCUT2D eigenvalue weighted by Crippen LogP contribution is 2.46. The summed E-state index contributed by atoms with van der Waals surface area (Å²) in [5, 5.41) is 9.33. The number of aromatic carboxylic acids is 1. The van der Waals surface area contributed by atoms with Crippen LogP contribution in [0.5, 0.6) is 0 Å². The molecule has 0 amide bonds. The highest BCUT2D eigenvalue weighted by Gasteiger charge is 2.44. The molecule has 0 unspecified atom stereocenters. The van der Waals surface area contributed by atoms with E-state index in [1.165, 1.54) is 32.1 Å². The summed E-state index contributed by atoms with van der Waals surface area (Å²) in [6.07, 6.45) is 6.68. The minimum absolute atomic E-state index is 0.442. The molecule has 0 atom stereocenters. The number of anilines is 1. The zero-order valence-electron chi connectivity index (χ0n) is 10.9. The van der Waals surface area contributed by atoms with Crippen LogP contribution in [0.15, 0.2) is 18.2 Å². The number of benzene rings is 1. The lowest BCUT2D eigenvalue weighted by atomic mass is 9.68. The first-order chi connectivity index (χ1) is 9.10. The first kappa shape index (κ1) is 13.2.